The molecule has 7 nitrogen and oxygen atoms in total. The van der Waals surface area contributed by atoms with Crippen LogP contribution in [0.5, 0.6) is 5.75 Å². The first-order valence-electron chi connectivity index (χ1n) is 9.71. The number of rotatable bonds is 5. The molecule has 0 aliphatic heterocycles. The molecular weight excluding hydrogens is 464 g/mol. The molecule has 0 N–H and O–H groups in total. The van der Waals surface area contributed by atoms with E-state index in [0.29, 0.717) is 0 Å². The third-order valence-electron chi connectivity index (χ3n) is 4.12. The molecule has 0 saturated carbocycles. The van der Waals surface area contributed by atoms with E-state index in [1.54, 1.807) is 6.92 Å². The number of hydrogen-bond donors (Lipinski definition) is 0. The monoisotopic (exact) mass is 486 g/mol. The largest absolute Gasteiger partial charge is 0.481 e. The molecule has 0 aliphatic rings. The van der Waals surface area contributed by atoms with Crippen molar-refractivity contribution in [1.29, 1.82) is 0 Å². The summed E-state index contributed by atoms with van der Waals surface area (Å²) in [6, 6.07) is 2.03. The molecule has 33 heavy (non-hydrogen) atoms. The molecule has 0 radical (unpaired) electrons. The van der Waals surface area contributed by atoms with Crippen LogP contribution in [0.15, 0.2) is 27.8 Å². The lowest BCUT2D eigenvalue weighted by Gasteiger charge is -2.16. The van der Waals surface area contributed by atoms with E-state index in [2.05, 4.69) is 11.5 Å². The van der Waals surface area contributed by atoms with E-state index in [1.165, 1.54) is 0 Å². The van der Waals surface area contributed by atoms with Crippen LogP contribution in [0, 0.1) is 17.3 Å². The Balaban J connectivity index is 2.73. The molecule has 1 aromatic heterocycles. The van der Waals surface area contributed by atoms with Crippen LogP contribution in [-0.2, 0) is 22.8 Å². The fourth-order valence-electron chi connectivity index (χ4n) is 2.64. The van der Waals surface area contributed by atoms with Crippen molar-refractivity contribution < 1.29 is 31.8 Å². The lowest BCUT2D eigenvalue weighted by molar-refractivity contribution is -0.145. The number of aromatic nitrogens is 2. The first-order chi connectivity index (χ1) is 15.2. The van der Waals surface area contributed by atoms with Crippen molar-refractivity contribution in [2.45, 2.75) is 32.7 Å². The predicted octanol–water partition coefficient (Wildman–Crippen LogP) is 2.86. The van der Waals surface area contributed by atoms with Gasteiger partial charge in [0.25, 0.3) is 5.56 Å². The minimum atomic E-state index is -4.96. The maximum atomic E-state index is 14.9. The topological polar surface area (TPSA) is 79.5 Å². The van der Waals surface area contributed by atoms with E-state index in [-0.39, 0.29) is 33.1 Å². The second kappa shape index (κ2) is 9.66. The number of alkyl halides is 3. The summed E-state index contributed by atoms with van der Waals surface area (Å²) in [5, 5.41) is 0. The van der Waals surface area contributed by atoms with Crippen LogP contribution in [0.25, 0.3) is 5.69 Å². The van der Waals surface area contributed by atoms with Crippen LogP contribution >= 0.6 is 0 Å². The van der Waals surface area contributed by atoms with Gasteiger partial charge in [0, 0.05) is 19.2 Å². The highest BCUT2D eigenvalue weighted by molar-refractivity contribution is 6.83. The van der Waals surface area contributed by atoms with Crippen molar-refractivity contribution in [3.8, 4) is 22.9 Å². The van der Waals surface area contributed by atoms with Crippen molar-refractivity contribution >= 4 is 14.0 Å². The molecule has 0 saturated heterocycles. The van der Waals surface area contributed by atoms with Gasteiger partial charge in [-0.15, -0.1) is 5.54 Å². The molecule has 0 atom stereocenters. The summed E-state index contributed by atoms with van der Waals surface area (Å²) in [5.41, 5.74) is -1.88. The van der Waals surface area contributed by atoms with E-state index in [1.807, 2.05) is 19.6 Å². The molecular formula is C21H22F4N2O5Si. The van der Waals surface area contributed by atoms with Gasteiger partial charge >= 0.3 is 17.8 Å². The Kier molecular flexibility index (Phi) is 7.59. The number of hydrogen-bond acceptors (Lipinski definition) is 5. The van der Waals surface area contributed by atoms with E-state index >= 15 is 0 Å². The number of carbonyl (C=O) groups excluding carboxylic acids is 1. The fraction of sp³-hybridized carbons (Fsp3) is 0.381. The second-order valence-electron chi connectivity index (χ2n) is 7.94. The Hall–Kier alpha value is -3.33. The zero-order valence-corrected chi connectivity index (χ0v) is 19.6. The van der Waals surface area contributed by atoms with Gasteiger partial charge in [-0.1, -0.05) is 25.6 Å². The fourth-order valence-corrected chi connectivity index (χ4v) is 3.15. The molecule has 178 valence electrons. The summed E-state index contributed by atoms with van der Waals surface area (Å²) in [6.45, 7) is 6.93. The molecule has 0 aliphatic carbocycles. The molecule has 0 unspecified atom stereocenters. The second-order valence-corrected chi connectivity index (χ2v) is 12.7. The maximum absolute atomic E-state index is 14.9. The Morgan fingerprint density at radius 1 is 1.15 bits per heavy atom. The van der Waals surface area contributed by atoms with Crippen molar-refractivity contribution in [3.05, 3.63) is 56.1 Å². The first kappa shape index (κ1) is 25.9. The van der Waals surface area contributed by atoms with Gasteiger partial charge in [-0.25, -0.2) is 18.5 Å². The summed E-state index contributed by atoms with van der Waals surface area (Å²) in [4.78, 5) is 36.6. The molecule has 1 aromatic carbocycles. The first-order valence-corrected chi connectivity index (χ1v) is 13.2. The van der Waals surface area contributed by atoms with E-state index in [0.717, 1.165) is 19.2 Å². The van der Waals surface area contributed by atoms with Crippen LogP contribution in [0.3, 0.4) is 0 Å². The summed E-state index contributed by atoms with van der Waals surface area (Å²) in [7, 11) is -1.10. The Labute approximate surface area is 187 Å². The molecule has 0 bridgehead atoms. The molecule has 0 fully saturated rings. The number of benzene rings is 1. The minimum Gasteiger partial charge on any atom is -0.481 e. The van der Waals surface area contributed by atoms with Crippen molar-refractivity contribution in [2.24, 2.45) is 7.05 Å². The average Bonchev–Trinajstić information content (AvgIpc) is 2.68. The zero-order chi connectivity index (χ0) is 25.1. The number of halogens is 4. The third-order valence-corrected chi connectivity index (χ3v) is 5.00. The lowest BCUT2D eigenvalue weighted by atomic mass is 10.1. The maximum Gasteiger partial charge on any atom is 0.431 e. The standard InChI is InChI=1S/C21H22F4N2O5Si/c1-6-31-19(29)12-32-16-10-15(14(22)9-13(16)7-8-33(3,4)5)27-18(28)11-17(21(23,24)25)26(2)20(27)30/h9-11H,6,12H2,1-5H3. The number of carbonyl (C=O) groups is 1. The molecule has 2 aromatic rings. The highest BCUT2D eigenvalue weighted by Gasteiger charge is 2.35. The van der Waals surface area contributed by atoms with Gasteiger partial charge in [0.05, 0.1) is 17.9 Å². The minimum absolute atomic E-state index is 0.0414. The summed E-state index contributed by atoms with van der Waals surface area (Å²) in [5.74, 6) is 0.821. The number of esters is 1. The van der Waals surface area contributed by atoms with Gasteiger partial charge in [-0.2, -0.15) is 13.2 Å². The Morgan fingerprint density at radius 2 is 1.79 bits per heavy atom. The van der Waals surface area contributed by atoms with Crippen molar-refractivity contribution in [1.82, 2.24) is 9.13 Å². The molecule has 2 rings (SSSR count). The van der Waals surface area contributed by atoms with Gasteiger partial charge < -0.3 is 9.47 Å². The van der Waals surface area contributed by atoms with Crippen LogP contribution in [0.2, 0.25) is 19.6 Å². The quantitative estimate of drug-likeness (QED) is 0.281. The van der Waals surface area contributed by atoms with Crippen molar-refractivity contribution in [3.63, 3.8) is 0 Å². The Morgan fingerprint density at radius 3 is 2.33 bits per heavy atom. The van der Waals surface area contributed by atoms with Crippen LogP contribution in [0.4, 0.5) is 17.6 Å². The highest BCUT2D eigenvalue weighted by atomic mass is 28.3. The lowest BCUT2D eigenvalue weighted by Crippen LogP contribution is -2.41. The van der Waals surface area contributed by atoms with Gasteiger partial charge in [-0.05, 0) is 13.0 Å². The molecule has 1 heterocycles. The van der Waals surface area contributed by atoms with Crippen LogP contribution < -0.4 is 16.0 Å². The SMILES string of the molecule is CCOC(=O)COc1cc(-n2c(=O)cc(C(F)(F)F)n(C)c2=O)c(F)cc1C#C[Si](C)(C)C. The summed E-state index contributed by atoms with van der Waals surface area (Å²) in [6.07, 6.45) is -4.96. The predicted molar refractivity (Wildman–Crippen MR) is 115 cm³/mol. The summed E-state index contributed by atoms with van der Waals surface area (Å²) < 4.78 is 64.9. The molecule has 0 amide bonds. The molecule has 12 heteroatoms. The highest BCUT2D eigenvalue weighted by Crippen LogP contribution is 2.28. The van der Waals surface area contributed by atoms with Crippen molar-refractivity contribution in [2.75, 3.05) is 13.2 Å². The van der Waals surface area contributed by atoms with E-state index in [9.17, 15) is 31.9 Å². The third kappa shape index (κ3) is 6.35. The average molecular weight is 486 g/mol. The van der Waals surface area contributed by atoms with Crippen LogP contribution in [0.1, 0.15) is 18.2 Å². The number of ether oxygens (including phenoxy) is 2. The van der Waals surface area contributed by atoms with E-state index in [4.69, 9.17) is 9.47 Å². The molecule has 0 spiro atoms. The number of nitrogens with zero attached hydrogens (tertiary/aromatic N) is 2. The van der Waals surface area contributed by atoms with Gasteiger partial charge in [0.2, 0.25) is 0 Å². The van der Waals surface area contributed by atoms with E-state index < -0.39 is 55.3 Å². The van der Waals surface area contributed by atoms with Gasteiger partial charge in [-0.3, -0.25) is 9.36 Å². The smallest absolute Gasteiger partial charge is 0.431 e. The van der Waals surface area contributed by atoms with Gasteiger partial charge in [0.1, 0.15) is 25.3 Å². The summed E-state index contributed by atoms with van der Waals surface area (Å²) >= 11 is 0. The van der Waals surface area contributed by atoms with Crippen LogP contribution in [-0.4, -0.2) is 36.4 Å². The normalized spacial score (nSPS) is 11.5. The zero-order valence-electron chi connectivity index (χ0n) is 18.6. The van der Waals surface area contributed by atoms with Gasteiger partial charge in [0.15, 0.2) is 6.61 Å². The Bertz CT molecular complexity index is 1250.